The van der Waals surface area contributed by atoms with E-state index in [0.29, 0.717) is 17.3 Å². The highest BCUT2D eigenvalue weighted by Gasteiger charge is 2.42. The third-order valence-corrected chi connectivity index (χ3v) is 4.80. The molecule has 1 aliphatic heterocycles. The molecule has 1 atom stereocenters. The quantitative estimate of drug-likeness (QED) is 0.708. The Morgan fingerprint density at radius 1 is 1.11 bits per heavy atom. The summed E-state index contributed by atoms with van der Waals surface area (Å²) in [5.41, 5.74) is 1.76. The van der Waals surface area contributed by atoms with Crippen LogP contribution in [0.15, 0.2) is 48.5 Å². The standard InChI is InChI=1S/C21H23ClN2O3/c1-2-13-27-18-9-7-17(8-10-18)24-20(25)14-19(21(24)26)23-12-11-15-3-5-16(22)6-4-15/h3-10,19,23H,2,11-14H2,1H3/p+1/t19-/m0/s1. The van der Waals surface area contributed by atoms with Gasteiger partial charge in [0.1, 0.15) is 5.75 Å². The minimum absolute atomic E-state index is 0.154. The van der Waals surface area contributed by atoms with Crippen molar-refractivity contribution in [3.05, 3.63) is 59.1 Å². The summed E-state index contributed by atoms with van der Waals surface area (Å²) in [6, 6.07) is 14.4. The largest absolute Gasteiger partial charge is 0.494 e. The zero-order valence-electron chi connectivity index (χ0n) is 15.4. The van der Waals surface area contributed by atoms with Gasteiger partial charge >= 0.3 is 0 Å². The van der Waals surface area contributed by atoms with Crippen molar-refractivity contribution >= 4 is 29.1 Å². The molecule has 0 radical (unpaired) electrons. The van der Waals surface area contributed by atoms with Gasteiger partial charge in [-0.2, -0.15) is 0 Å². The Morgan fingerprint density at radius 2 is 1.81 bits per heavy atom. The number of quaternary nitrogens is 1. The number of halogens is 1. The number of hydrogen-bond donors (Lipinski definition) is 1. The predicted molar refractivity (Wildman–Crippen MR) is 105 cm³/mol. The van der Waals surface area contributed by atoms with Gasteiger partial charge in [0, 0.05) is 11.4 Å². The molecule has 1 aliphatic rings. The molecule has 27 heavy (non-hydrogen) atoms. The molecule has 0 bridgehead atoms. The lowest BCUT2D eigenvalue weighted by Crippen LogP contribution is -2.92. The first-order chi connectivity index (χ1) is 13.1. The Hall–Kier alpha value is -2.37. The fourth-order valence-corrected chi connectivity index (χ4v) is 3.25. The number of nitrogens with two attached hydrogens (primary N) is 1. The van der Waals surface area contributed by atoms with Crippen molar-refractivity contribution in [1.82, 2.24) is 0 Å². The van der Waals surface area contributed by atoms with Gasteiger partial charge < -0.3 is 10.1 Å². The van der Waals surface area contributed by atoms with Gasteiger partial charge in [-0.15, -0.1) is 0 Å². The smallest absolute Gasteiger partial charge is 0.292 e. The van der Waals surface area contributed by atoms with Crippen molar-refractivity contribution in [2.75, 3.05) is 18.1 Å². The average Bonchev–Trinajstić information content (AvgIpc) is 2.96. The normalized spacial score (nSPS) is 16.8. The molecule has 1 heterocycles. The van der Waals surface area contributed by atoms with Gasteiger partial charge in [0.25, 0.3) is 5.91 Å². The number of ether oxygens (including phenoxy) is 1. The molecule has 1 saturated heterocycles. The maximum absolute atomic E-state index is 12.7. The molecule has 2 amide bonds. The van der Waals surface area contributed by atoms with E-state index in [2.05, 4.69) is 0 Å². The average molecular weight is 388 g/mol. The number of amides is 2. The number of rotatable bonds is 8. The first-order valence-corrected chi connectivity index (χ1v) is 9.63. The Labute approximate surface area is 164 Å². The number of hydrogen-bond acceptors (Lipinski definition) is 3. The van der Waals surface area contributed by atoms with Crippen LogP contribution in [0.5, 0.6) is 5.75 Å². The number of anilines is 1. The Balaban J connectivity index is 1.56. The van der Waals surface area contributed by atoms with E-state index in [1.165, 1.54) is 4.90 Å². The summed E-state index contributed by atoms with van der Waals surface area (Å²) in [4.78, 5) is 26.3. The molecule has 1 fully saturated rings. The van der Waals surface area contributed by atoms with Crippen LogP contribution in [-0.4, -0.2) is 31.0 Å². The summed E-state index contributed by atoms with van der Waals surface area (Å²) < 4.78 is 5.55. The molecule has 0 spiro atoms. The lowest BCUT2D eigenvalue weighted by Gasteiger charge is -2.15. The third-order valence-electron chi connectivity index (χ3n) is 4.55. The number of carbonyl (C=O) groups excluding carboxylic acids is 2. The maximum Gasteiger partial charge on any atom is 0.292 e. The topological polar surface area (TPSA) is 63.2 Å². The highest BCUT2D eigenvalue weighted by Crippen LogP contribution is 2.24. The second kappa shape index (κ2) is 9.02. The molecule has 5 nitrogen and oxygen atoms in total. The van der Waals surface area contributed by atoms with Crippen LogP contribution in [0.3, 0.4) is 0 Å². The maximum atomic E-state index is 12.7. The molecule has 0 aromatic heterocycles. The second-order valence-corrected chi connectivity index (χ2v) is 7.06. The summed E-state index contributed by atoms with van der Waals surface area (Å²) in [5, 5.41) is 2.66. The van der Waals surface area contributed by atoms with E-state index in [1.54, 1.807) is 24.3 Å². The van der Waals surface area contributed by atoms with Gasteiger partial charge in [-0.25, -0.2) is 4.90 Å². The minimum Gasteiger partial charge on any atom is -0.494 e. The lowest BCUT2D eigenvalue weighted by molar-refractivity contribution is -0.674. The van der Waals surface area contributed by atoms with Gasteiger partial charge in [-0.3, -0.25) is 9.59 Å². The molecular weight excluding hydrogens is 364 g/mol. The van der Waals surface area contributed by atoms with E-state index in [-0.39, 0.29) is 24.3 Å². The van der Waals surface area contributed by atoms with E-state index in [9.17, 15) is 9.59 Å². The monoisotopic (exact) mass is 387 g/mol. The first kappa shape index (κ1) is 19.4. The fraction of sp³-hybridized carbons (Fsp3) is 0.333. The summed E-state index contributed by atoms with van der Waals surface area (Å²) >= 11 is 5.89. The van der Waals surface area contributed by atoms with E-state index >= 15 is 0 Å². The molecule has 0 aliphatic carbocycles. The van der Waals surface area contributed by atoms with Crippen molar-refractivity contribution in [3.8, 4) is 5.75 Å². The van der Waals surface area contributed by atoms with Gasteiger partial charge in [0.15, 0.2) is 6.04 Å². The van der Waals surface area contributed by atoms with Crippen LogP contribution >= 0.6 is 11.6 Å². The highest BCUT2D eigenvalue weighted by molar-refractivity contribution is 6.30. The fourth-order valence-electron chi connectivity index (χ4n) is 3.12. The Morgan fingerprint density at radius 3 is 2.48 bits per heavy atom. The van der Waals surface area contributed by atoms with Crippen LogP contribution in [0.1, 0.15) is 25.3 Å². The van der Waals surface area contributed by atoms with Crippen LogP contribution in [-0.2, 0) is 16.0 Å². The molecule has 6 heteroatoms. The van der Waals surface area contributed by atoms with Gasteiger partial charge in [-0.1, -0.05) is 30.7 Å². The zero-order valence-corrected chi connectivity index (χ0v) is 16.1. The van der Waals surface area contributed by atoms with Crippen LogP contribution in [0.25, 0.3) is 0 Å². The first-order valence-electron chi connectivity index (χ1n) is 9.26. The lowest BCUT2D eigenvalue weighted by atomic mass is 10.1. The van der Waals surface area contributed by atoms with Gasteiger partial charge in [0.05, 0.1) is 25.3 Å². The zero-order chi connectivity index (χ0) is 19.2. The number of nitrogens with zero attached hydrogens (tertiary/aromatic N) is 1. The van der Waals surface area contributed by atoms with Gasteiger partial charge in [0.2, 0.25) is 5.91 Å². The highest BCUT2D eigenvalue weighted by atomic mass is 35.5. The van der Waals surface area contributed by atoms with Crippen LogP contribution in [0, 0.1) is 0 Å². The predicted octanol–water partition coefficient (Wildman–Crippen LogP) is 2.57. The van der Waals surface area contributed by atoms with Crippen molar-refractivity contribution < 1.29 is 19.6 Å². The van der Waals surface area contributed by atoms with Gasteiger partial charge in [-0.05, 0) is 48.4 Å². The molecule has 3 rings (SSSR count). The van der Waals surface area contributed by atoms with E-state index in [1.807, 2.05) is 36.5 Å². The summed E-state index contributed by atoms with van der Waals surface area (Å²) in [6.07, 6.45) is 1.98. The van der Waals surface area contributed by atoms with Crippen molar-refractivity contribution in [2.24, 2.45) is 0 Å². The number of carbonyl (C=O) groups is 2. The third kappa shape index (κ3) is 4.87. The molecule has 0 unspecified atom stereocenters. The summed E-state index contributed by atoms with van der Waals surface area (Å²) in [7, 11) is 0. The van der Waals surface area contributed by atoms with Crippen molar-refractivity contribution in [1.29, 1.82) is 0 Å². The molecule has 0 saturated carbocycles. The Bertz CT molecular complexity index is 790. The molecule has 2 N–H and O–H groups in total. The van der Waals surface area contributed by atoms with Crippen LogP contribution in [0.2, 0.25) is 5.02 Å². The molecule has 2 aromatic rings. The van der Waals surface area contributed by atoms with E-state index < -0.39 is 0 Å². The number of imide groups is 1. The van der Waals surface area contributed by atoms with Crippen LogP contribution < -0.4 is 15.0 Å². The van der Waals surface area contributed by atoms with Crippen LogP contribution in [0.4, 0.5) is 5.69 Å². The van der Waals surface area contributed by atoms with Crippen molar-refractivity contribution in [2.45, 2.75) is 32.2 Å². The Kier molecular flexibility index (Phi) is 6.48. The summed E-state index contributed by atoms with van der Waals surface area (Å²) in [5.74, 6) is 0.430. The minimum atomic E-state index is -0.360. The van der Waals surface area contributed by atoms with E-state index in [0.717, 1.165) is 30.7 Å². The summed E-state index contributed by atoms with van der Waals surface area (Å²) in [6.45, 7) is 3.42. The number of benzene rings is 2. The molecular formula is C21H24ClN2O3+. The molecule has 142 valence electrons. The van der Waals surface area contributed by atoms with Crippen molar-refractivity contribution in [3.63, 3.8) is 0 Å². The molecule has 2 aromatic carbocycles. The second-order valence-electron chi connectivity index (χ2n) is 6.62. The SMILES string of the molecule is CCCOc1ccc(N2C(=O)C[C@H]([NH2+]CCc3ccc(Cl)cc3)C2=O)cc1. The van der Waals surface area contributed by atoms with E-state index in [4.69, 9.17) is 16.3 Å².